The number of benzene rings is 1. The van der Waals surface area contributed by atoms with Crippen LogP contribution in [0.4, 0.5) is 20.2 Å². The largest absolute Gasteiger partial charge is 0.469 e. The lowest BCUT2D eigenvalue weighted by atomic mass is 9.90. The van der Waals surface area contributed by atoms with Crippen molar-refractivity contribution < 1.29 is 27.8 Å². The van der Waals surface area contributed by atoms with E-state index in [0.29, 0.717) is 36.6 Å². The number of methoxy groups -OCH3 is 2. The third-order valence-electron chi connectivity index (χ3n) is 5.83. The molecule has 3 rings (SSSR count). The van der Waals surface area contributed by atoms with Gasteiger partial charge in [-0.1, -0.05) is 13.8 Å². The summed E-state index contributed by atoms with van der Waals surface area (Å²) >= 11 is 0. The summed E-state index contributed by atoms with van der Waals surface area (Å²) in [4.78, 5) is 31.1. The number of anilines is 2. The fourth-order valence-corrected chi connectivity index (χ4v) is 3.98. The van der Waals surface area contributed by atoms with Gasteiger partial charge in [-0.2, -0.15) is 0 Å². The number of halogens is 2. The maximum atomic E-state index is 13.6. The summed E-state index contributed by atoms with van der Waals surface area (Å²) in [6, 6.07) is 6.88. The van der Waals surface area contributed by atoms with Crippen molar-refractivity contribution in [1.29, 1.82) is 0 Å². The van der Waals surface area contributed by atoms with E-state index in [1.807, 2.05) is 13.8 Å². The monoisotopic (exact) mass is 461 g/mol. The predicted molar refractivity (Wildman–Crippen MR) is 119 cm³/mol. The van der Waals surface area contributed by atoms with Crippen molar-refractivity contribution >= 4 is 23.3 Å². The van der Waals surface area contributed by atoms with E-state index in [9.17, 15) is 18.4 Å². The molecule has 0 radical (unpaired) electrons. The number of carbonyl (C=O) groups excluding carboxylic acids is 2. The van der Waals surface area contributed by atoms with Gasteiger partial charge < -0.3 is 19.7 Å². The number of ether oxygens (including phenoxy) is 2. The molecule has 0 saturated carbocycles. The smallest absolute Gasteiger partial charge is 0.305 e. The van der Waals surface area contributed by atoms with E-state index in [1.165, 1.54) is 13.2 Å². The summed E-state index contributed by atoms with van der Waals surface area (Å²) in [5.41, 5.74) is 1.91. The predicted octanol–water partition coefficient (Wildman–Crippen LogP) is 4.27. The molecule has 2 heterocycles. The molecule has 2 atom stereocenters. The van der Waals surface area contributed by atoms with Crippen molar-refractivity contribution in [2.24, 2.45) is 5.92 Å². The molecule has 2 aromatic rings. The molecule has 178 valence electrons. The fraction of sp³-hybridized carbons (Fsp3) is 0.458. The molecule has 1 aliphatic rings. The molecule has 1 amide bonds. The van der Waals surface area contributed by atoms with Crippen LogP contribution in [0.3, 0.4) is 0 Å². The molecule has 1 aliphatic heterocycles. The highest BCUT2D eigenvalue weighted by molar-refractivity contribution is 5.93. The maximum absolute atomic E-state index is 13.6. The second-order valence-corrected chi connectivity index (χ2v) is 8.39. The molecular formula is C24H29F2N3O4. The summed E-state index contributed by atoms with van der Waals surface area (Å²) < 4.78 is 37.1. The average molecular weight is 462 g/mol. The second-order valence-electron chi connectivity index (χ2n) is 8.39. The second kappa shape index (κ2) is 10.7. The van der Waals surface area contributed by atoms with Crippen molar-refractivity contribution in [2.75, 3.05) is 32.6 Å². The van der Waals surface area contributed by atoms with Gasteiger partial charge in [0.2, 0.25) is 0 Å². The van der Waals surface area contributed by atoms with Crippen molar-refractivity contribution in [1.82, 2.24) is 9.88 Å². The molecule has 1 N–H and O–H groups in total. The Morgan fingerprint density at radius 1 is 1.18 bits per heavy atom. The Balaban J connectivity index is 1.77. The maximum Gasteiger partial charge on any atom is 0.305 e. The number of pyridine rings is 1. The van der Waals surface area contributed by atoms with Crippen molar-refractivity contribution in [3.63, 3.8) is 0 Å². The first kappa shape index (κ1) is 24.6. The minimum atomic E-state index is -0.950. The summed E-state index contributed by atoms with van der Waals surface area (Å²) in [5, 5.41) is 3.06. The lowest BCUT2D eigenvalue weighted by Crippen LogP contribution is -2.48. The van der Waals surface area contributed by atoms with Crippen LogP contribution in [0.15, 0.2) is 30.3 Å². The van der Waals surface area contributed by atoms with Crippen molar-refractivity contribution in [3.8, 4) is 0 Å². The van der Waals surface area contributed by atoms with E-state index in [0.717, 1.165) is 12.1 Å². The van der Waals surface area contributed by atoms with Gasteiger partial charge in [-0.05, 0) is 42.5 Å². The van der Waals surface area contributed by atoms with Crippen molar-refractivity contribution in [3.05, 3.63) is 53.4 Å². The van der Waals surface area contributed by atoms with E-state index < -0.39 is 11.6 Å². The average Bonchev–Trinajstić information content (AvgIpc) is 2.81. The zero-order valence-electron chi connectivity index (χ0n) is 19.2. The van der Waals surface area contributed by atoms with Crippen LogP contribution in [-0.2, 0) is 14.3 Å². The number of aromatic nitrogens is 1. The van der Waals surface area contributed by atoms with Crippen LogP contribution in [0.25, 0.3) is 0 Å². The molecule has 0 spiro atoms. The Labute approximate surface area is 192 Å². The summed E-state index contributed by atoms with van der Waals surface area (Å²) in [6.07, 6.45) is 0.587. The van der Waals surface area contributed by atoms with Gasteiger partial charge in [-0.3, -0.25) is 9.59 Å². The van der Waals surface area contributed by atoms with E-state index in [1.54, 1.807) is 24.1 Å². The third kappa shape index (κ3) is 5.84. The molecule has 7 nitrogen and oxygen atoms in total. The van der Waals surface area contributed by atoms with Crippen molar-refractivity contribution in [2.45, 2.75) is 38.7 Å². The Bertz CT molecular complexity index is 1020. The van der Waals surface area contributed by atoms with Crippen LogP contribution in [0.2, 0.25) is 0 Å². The number of hydrogen-bond donors (Lipinski definition) is 1. The van der Waals surface area contributed by atoms with Gasteiger partial charge in [0.1, 0.15) is 5.69 Å². The Kier molecular flexibility index (Phi) is 7.97. The number of hydrogen-bond acceptors (Lipinski definition) is 6. The zero-order chi connectivity index (χ0) is 24.1. The molecule has 1 fully saturated rings. The SMILES string of the molecule is COC(=O)C[C@@H]1CCN(C(=O)c2ccc(Nc3ccc(F)c(F)c3)c(C(C)C)n2)C[C@@H]1OC. The third-order valence-corrected chi connectivity index (χ3v) is 5.83. The fourth-order valence-electron chi connectivity index (χ4n) is 3.98. The van der Waals surface area contributed by atoms with Gasteiger partial charge in [0.05, 0.1) is 31.0 Å². The topological polar surface area (TPSA) is 80.8 Å². The molecular weight excluding hydrogens is 432 g/mol. The standard InChI is InChI=1S/C24H29F2N3O4/c1-14(2)23-19(27-16-5-6-17(25)18(26)12-16)7-8-20(28-23)24(31)29-10-9-15(11-22(30)33-4)21(13-29)32-3/h5-8,12,14-15,21,27H,9-11,13H2,1-4H3/t15-,21-/m0/s1. The quantitative estimate of drug-likeness (QED) is 0.621. The zero-order valence-corrected chi connectivity index (χ0v) is 19.2. The number of nitrogens with one attached hydrogen (secondary N) is 1. The number of nitrogens with zero attached hydrogens (tertiary/aromatic N) is 2. The number of piperidine rings is 1. The van der Waals surface area contributed by atoms with Crippen LogP contribution in [0.1, 0.15) is 48.8 Å². The van der Waals surface area contributed by atoms with Gasteiger partial charge in [0.15, 0.2) is 11.6 Å². The number of amides is 1. The van der Waals surface area contributed by atoms with E-state index >= 15 is 0 Å². The van der Waals surface area contributed by atoms with Crippen LogP contribution in [-0.4, -0.2) is 55.2 Å². The minimum absolute atomic E-state index is 0.0200. The molecule has 0 aliphatic carbocycles. The molecule has 9 heteroatoms. The molecule has 33 heavy (non-hydrogen) atoms. The molecule has 1 aromatic carbocycles. The van der Waals surface area contributed by atoms with E-state index in [-0.39, 0.29) is 41.9 Å². The highest BCUT2D eigenvalue weighted by Crippen LogP contribution is 2.28. The summed E-state index contributed by atoms with van der Waals surface area (Å²) in [5.74, 6) is -2.44. The highest BCUT2D eigenvalue weighted by atomic mass is 19.2. The molecule has 0 bridgehead atoms. The van der Waals surface area contributed by atoms with Crippen LogP contribution in [0, 0.1) is 17.6 Å². The van der Waals surface area contributed by atoms with Gasteiger partial charge >= 0.3 is 5.97 Å². The first-order chi connectivity index (χ1) is 15.7. The Morgan fingerprint density at radius 3 is 2.58 bits per heavy atom. The van der Waals surface area contributed by atoms with Gasteiger partial charge in [0.25, 0.3) is 5.91 Å². The number of carbonyl (C=O) groups is 2. The molecule has 0 unspecified atom stereocenters. The lowest BCUT2D eigenvalue weighted by Gasteiger charge is -2.37. The van der Waals surface area contributed by atoms with E-state index in [2.05, 4.69) is 10.3 Å². The normalized spacial score (nSPS) is 18.3. The van der Waals surface area contributed by atoms with Gasteiger partial charge in [0, 0.05) is 32.0 Å². The number of esters is 1. The first-order valence-electron chi connectivity index (χ1n) is 10.8. The van der Waals surface area contributed by atoms with E-state index in [4.69, 9.17) is 9.47 Å². The first-order valence-corrected chi connectivity index (χ1v) is 10.8. The molecule has 1 saturated heterocycles. The van der Waals surface area contributed by atoms with Crippen LogP contribution < -0.4 is 5.32 Å². The number of likely N-dealkylation sites (tertiary alicyclic amines) is 1. The lowest BCUT2D eigenvalue weighted by molar-refractivity contribution is -0.143. The minimum Gasteiger partial charge on any atom is -0.469 e. The van der Waals surface area contributed by atoms with Crippen LogP contribution in [0.5, 0.6) is 0 Å². The Morgan fingerprint density at radius 2 is 1.94 bits per heavy atom. The summed E-state index contributed by atoms with van der Waals surface area (Å²) in [7, 11) is 2.92. The summed E-state index contributed by atoms with van der Waals surface area (Å²) in [6.45, 7) is 4.71. The van der Waals surface area contributed by atoms with Crippen LogP contribution >= 0.6 is 0 Å². The Hall–Kier alpha value is -3.07. The van der Waals surface area contributed by atoms with Gasteiger partial charge in [-0.15, -0.1) is 0 Å². The number of rotatable bonds is 7. The molecule has 1 aromatic heterocycles. The highest BCUT2D eigenvalue weighted by Gasteiger charge is 2.34. The van der Waals surface area contributed by atoms with Gasteiger partial charge in [-0.25, -0.2) is 13.8 Å².